The van der Waals surface area contributed by atoms with Gasteiger partial charge in [-0.1, -0.05) is 6.92 Å². The molecule has 1 unspecified atom stereocenters. The highest BCUT2D eigenvalue weighted by atomic mass is 16.6. The molecule has 0 radical (unpaired) electrons. The third kappa shape index (κ3) is 3.82. The molecule has 1 heterocycles. The second kappa shape index (κ2) is 7.12. The number of rotatable bonds is 6. The molecule has 1 aromatic carbocycles. The highest BCUT2D eigenvalue weighted by Gasteiger charge is 2.25. The largest absolute Gasteiger partial charge is 0.480 e. The van der Waals surface area contributed by atoms with Crippen LogP contribution in [0.4, 0.5) is 5.69 Å². The van der Waals surface area contributed by atoms with Crippen molar-refractivity contribution in [2.45, 2.75) is 26.3 Å². The van der Waals surface area contributed by atoms with Crippen LogP contribution in [-0.4, -0.2) is 44.4 Å². The summed E-state index contributed by atoms with van der Waals surface area (Å²) in [6, 6.07) is 4.41. The number of hydrogen-bond donors (Lipinski definition) is 2. The van der Waals surface area contributed by atoms with Gasteiger partial charge < -0.3 is 15.0 Å². The maximum absolute atomic E-state index is 12.9. The minimum atomic E-state index is -1.19. The van der Waals surface area contributed by atoms with Crippen LogP contribution in [0.15, 0.2) is 29.1 Å². The number of aliphatic carboxylic acids is 1. The van der Waals surface area contributed by atoms with Crippen molar-refractivity contribution in [3.8, 4) is 0 Å². The zero-order valence-electron chi connectivity index (χ0n) is 13.7. The van der Waals surface area contributed by atoms with Gasteiger partial charge in [-0.15, -0.1) is 0 Å². The number of nitrogens with zero attached hydrogens (tertiary/aromatic N) is 2. The number of H-pyrrole nitrogens is 1. The molecule has 0 aliphatic heterocycles. The van der Waals surface area contributed by atoms with E-state index in [1.54, 1.807) is 13.8 Å². The number of nitro benzene ring substituents is 1. The first-order valence-corrected chi connectivity index (χ1v) is 7.58. The fraction of sp³-hybridized carbons (Fsp3) is 0.312. The summed E-state index contributed by atoms with van der Waals surface area (Å²) < 4.78 is 0. The van der Waals surface area contributed by atoms with Crippen LogP contribution >= 0.6 is 0 Å². The first kappa shape index (κ1) is 18.1. The Morgan fingerprint density at radius 2 is 2.04 bits per heavy atom. The third-order valence-corrected chi connectivity index (χ3v) is 3.96. The van der Waals surface area contributed by atoms with Gasteiger partial charge in [0.25, 0.3) is 11.6 Å². The number of fused-ring (bicyclic) bond motifs is 1. The second-order valence-electron chi connectivity index (χ2n) is 5.62. The van der Waals surface area contributed by atoms with Gasteiger partial charge in [-0.25, -0.2) is 0 Å². The predicted octanol–water partition coefficient (Wildman–Crippen LogP) is 1.76. The van der Waals surface area contributed by atoms with E-state index >= 15 is 0 Å². The van der Waals surface area contributed by atoms with Gasteiger partial charge in [0.2, 0.25) is 5.56 Å². The van der Waals surface area contributed by atoms with Crippen molar-refractivity contribution in [2.24, 2.45) is 0 Å². The van der Waals surface area contributed by atoms with Crippen LogP contribution in [0.5, 0.6) is 0 Å². The Kier molecular flexibility index (Phi) is 5.16. The molecule has 2 aromatic rings. The zero-order valence-corrected chi connectivity index (χ0v) is 13.7. The Labute approximate surface area is 142 Å². The molecule has 0 saturated heterocycles. The summed E-state index contributed by atoms with van der Waals surface area (Å²) in [4.78, 5) is 49.8. The molecule has 25 heavy (non-hydrogen) atoms. The number of carbonyl (C=O) groups is 2. The Morgan fingerprint density at radius 3 is 2.60 bits per heavy atom. The van der Waals surface area contributed by atoms with Gasteiger partial charge in [-0.2, -0.15) is 0 Å². The molecule has 9 nitrogen and oxygen atoms in total. The molecule has 2 N–H and O–H groups in total. The Bertz CT molecular complexity index is 904. The number of amides is 1. The lowest BCUT2D eigenvalue weighted by molar-refractivity contribution is -0.384. The minimum Gasteiger partial charge on any atom is -0.480 e. The first-order valence-electron chi connectivity index (χ1n) is 7.58. The van der Waals surface area contributed by atoms with E-state index in [1.165, 1.54) is 18.2 Å². The zero-order chi connectivity index (χ0) is 18.7. The number of hydrogen-bond acceptors (Lipinski definition) is 5. The van der Waals surface area contributed by atoms with Crippen LogP contribution in [0.2, 0.25) is 0 Å². The summed E-state index contributed by atoms with van der Waals surface area (Å²) in [5, 5.41) is 20.2. The number of benzene rings is 1. The molecular weight excluding hydrogens is 330 g/mol. The van der Waals surface area contributed by atoms with Gasteiger partial charge in [-0.3, -0.25) is 24.5 Å². The SMILES string of the molecule is CCC(C)N(CC(=O)O)C(=O)c1cc(=O)[nH]c2ccc([N+](=O)[O-])cc12. The summed E-state index contributed by atoms with van der Waals surface area (Å²) in [6.45, 7) is 2.96. The number of aromatic nitrogens is 1. The molecule has 0 spiro atoms. The molecule has 2 rings (SSSR count). The molecule has 0 bridgehead atoms. The molecule has 1 aromatic heterocycles. The van der Waals surface area contributed by atoms with Crippen molar-refractivity contribution < 1.29 is 19.6 Å². The fourth-order valence-electron chi connectivity index (χ4n) is 2.48. The molecule has 1 amide bonds. The number of pyridine rings is 1. The summed E-state index contributed by atoms with van der Waals surface area (Å²) >= 11 is 0. The lowest BCUT2D eigenvalue weighted by Crippen LogP contribution is -2.42. The van der Waals surface area contributed by atoms with Crippen LogP contribution in [-0.2, 0) is 4.79 Å². The van der Waals surface area contributed by atoms with Crippen molar-refractivity contribution in [2.75, 3.05) is 6.54 Å². The summed E-state index contributed by atoms with van der Waals surface area (Å²) in [5.41, 5.74) is -0.587. The monoisotopic (exact) mass is 347 g/mol. The molecular formula is C16H17N3O6. The van der Waals surface area contributed by atoms with Crippen LogP contribution in [0.3, 0.4) is 0 Å². The van der Waals surface area contributed by atoms with E-state index in [0.717, 1.165) is 11.0 Å². The van der Waals surface area contributed by atoms with Crippen molar-refractivity contribution in [3.05, 3.63) is 50.3 Å². The van der Waals surface area contributed by atoms with E-state index < -0.39 is 28.9 Å². The highest BCUT2D eigenvalue weighted by molar-refractivity contribution is 6.07. The van der Waals surface area contributed by atoms with Crippen molar-refractivity contribution >= 4 is 28.5 Å². The van der Waals surface area contributed by atoms with Crippen molar-refractivity contribution in [3.63, 3.8) is 0 Å². The van der Waals surface area contributed by atoms with Crippen LogP contribution in [0.1, 0.15) is 30.6 Å². The van der Waals surface area contributed by atoms with Gasteiger partial charge in [0.15, 0.2) is 0 Å². The Balaban J connectivity index is 2.65. The van der Waals surface area contributed by atoms with Crippen molar-refractivity contribution in [1.29, 1.82) is 0 Å². The van der Waals surface area contributed by atoms with Gasteiger partial charge in [0.05, 0.1) is 10.5 Å². The predicted molar refractivity (Wildman–Crippen MR) is 89.6 cm³/mol. The number of aromatic amines is 1. The Hall–Kier alpha value is -3.23. The van der Waals surface area contributed by atoms with E-state index in [1.807, 2.05) is 0 Å². The topological polar surface area (TPSA) is 134 Å². The fourth-order valence-corrected chi connectivity index (χ4v) is 2.48. The first-order chi connectivity index (χ1) is 11.7. The number of carbonyl (C=O) groups excluding carboxylic acids is 1. The smallest absolute Gasteiger partial charge is 0.323 e. The second-order valence-corrected chi connectivity index (χ2v) is 5.62. The lowest BCUT2D eigenvalue weighted by atomic mass is 10.1. The number of nitro groups is 1. The molecule has 1 atom stereocenters. The van der Waals surface area contributed by atoms with Crippen LogP contribution < -0.4 is 5.56 Å². The summed E-state index contributed by atoms with van der Waals surface area (Å²) in [6.07, 6.45) is 0.514. The molecule has 9 heteroatoms. The van der Waals surface area contributed by atoms with Crippen LogP contribution in [0, 0.1) is 10.1 Å². The molecule has 0 fully saturated rings. The van der Waals surface area contributed by atoms with E-state index in [2.05, 4.69) is 4.98 Å². The lowest BCUT2D eigenvalue weighted by Gasteiger charge is -2.27. The summed E-state index contributed by atoms with van der Waals surface area (Å²) in [7, 11) is 0. The average Bonchev–Trinajstić information content (AvgIpc) is 2.56. The Morgan fingerprint density at radius 1 is 1.36 bits per heavy atom. The maximum atomic E-state index is 12.9. The normalized spacial score (nSPS) is 11.9. The van der Waals surface area contributed by atoms with E-state index in [4.69, 9.17) is 5.11 Å². The number of non-ortho nitro benzene ring substituents is 1. The highest BCUT2D eigenvalue weighted by Crippen LogP contribution is 2.23. The van der Waals surface area contributed by atoms with Crippen molar-refractivity contribution in [1.82, 2.24) is 9.88 Å². The number of nitrogens with one attached hydrogen (secondary N) is 1. The van der Waals surface area contributed by atoms with E-state index in [0.29, 0.717) is 6.42 Å². The minimum absolute atomic E-state index is 0.0657. The standard InChI is InChI=1S/C16H17N3O6/c1-3-9(2)18(8-15(21)22)16(23)12-7-14(20)17-13-5-4-10(19(24)25)6-11(12)13/h4-7,9H,3,8H2,1-2H3,(H,17,20)(H,21,22). The average molecular weight is 347 g/mol. The summed E-state index contributed by atoms with van der Waals surface area (Å²) in [5.74, 6) is -1.85. The van der Waals surface area contributed by atoms with E-state index in [9.17, 15) is 24.5 Å². The van der Waals surface area contributed by atoms with Gasteiger partial charge in [-0.05, 0) is 19.4 Å². The van der Waals surface area contributed by atoms with Gasteiger partial charge in [0.1, 0.15) is 6.54 Å². The van der Waals surface area contributed by atoms with Gasteiger partial charge >= 0.3 is 5.97 Å². The molecule has 132 valence electrons. The van der Waals surface area contributed by atoms with E-state index in [-0.39, 0.29) is 28.2 Å². The number of carboxylic acid groups (broad SMARTS) is 1. The van der Waals surface area contributed by atoms with Gasteiger partial charge in [0, 0.05) is 35.1 Å². The molecule has 0 aliphatic rings. The van der Waals surface area contributed by atoms with Crippen LogP contribution in [0.25, 0.3) is 10.9 Å². The maximum Gasteiger partial charge on any atom is 0.323 e. The molecule has 0 saturated carbocycles. The third-order valence-electron chi connectivity index (χ3n) is 3.96. The number of carboxylic acids is 1. The molecule has 0 aliphatic carbocycles. The quantitative estimate of drug-likeness (QED) is 0.604.